The van der Waals surface area contributed by atoms with Crippen molar-refractivity contribution in [2.45, 2.75) is 26.1 Å². The Kier molecular flexibility index (Phi) is 4.77. The number of rotatable bonds is 3. The summed E-state index contributed by atoms with van der Waals surface area (Å²) >= 11 is 10.3. The Morgan fingerprint density at radius 3 is 2.20 bits per heavy atom. The number of methoxy groups -OCH3 is 1. The van der Waals surface area contributed by atoms with Crippen LogP contribution in [0.4, 0.5) is 0 Å². The molecule has 0 aliphatic rings. The number of hydrogen-bond donors (Lipinski definition) is 0. The third kappa shape index (κ3) is 3.02. The standard InChI is InChI=1S/C17H18BrClO/c1-10-5-6-15(18)14(7-10)16(19)13-8-11(2)17(20-4)12(3)9-13/h5-9,16H,1-4H3. The number of alkyl halides is 1. The molecule has 0 aliphatic heterocycles. The van der Waals surface area contributed by atoms with Crippen LogP contribution in [0.25, 0.3) is 0 Å². The molecule has 0 radical (unpaired) electrons. The summed E-state index contributed by atoms with van der Waals surface area (Å²) in [5.74, 6) is 0.931. The van der Waals surface area contributed by atoms with Gasteiger partial charge < -0.3 is 4.74 Å². The minimum Gasteiger partial charge on any atom is -0.496 e. The van der Waals surface area contributed by atoms with Crippen molar-refractivity contribution in [1.29, 1.82) is 0 Å². The van der Waals surface area contributed by atoms with Crippen molar-refractivity contribution in [3.8, 4) is 5.75 Å². The topological polar surface area (TPSA) is 9.23 Å². The zero-order valence-electron chi connectivity index (χ0n) is 12.1. The predicted octanol–water partition coefficient (Wildman–Crippen LogP) is 5.71. The van der Waals surface area contributed by atoms with Gasteiger partial charge in [-0.3, -0.25) is 0 Å². The van der Waals surface area contributed by atoms with Gasteiger partial charge in [-0.05, 0) is 49.1 Å². The van der Waals surface area contributed by atoms with E-state index in [1.807, 2.05) is 19.9 Å². The van der Waals surface area contributed by atoms with Crippen LogP contribution >= 0.6 is 27.5 Å². The van der Waals surface area contributed by atoms with E-state index in [1.54, 1.807) is 7.11 Å². The van der Waals surface area contributed by atoms with Crippen LogP contribution in [0.15, 0.2) is 34.8 Å². The average molecular weight is 354 g/mol. The molecule has 0 bridgehead atoms. The van der Waals surface area contributed by atoms with Gasteiger partial charge >= 0.3 is 0 Å². The molecule has 3 heteroatoms. The molecule has 0 fully saturated rings. The average Bonchev–Trinajstić information content (AvgIpc) is 2.40. The summed E-state index contributed by atoms with van der Waals surface area (Å²) in [6.45, 7) is 6.17. The van der Waals surface area contributed by atoms with Gasteiger partial charge in [0.1, 0.15) is 5.75 Å². The van der Waals surface area contributed by atoms with Gasteiger partial charge in [-0.15, -0.1) is 11.6 Å². The molecular weight excluding hydrogens is 336 g/mol. The number of ether oxygens (including phenoxy) is 1. The lowest BCUT2D eigenvalue weighted by molar-refractivity contribution is 0.408. The Morgan fingerprint density at radius 2 is 1.65 bits per heavy atom. The molecule has 1 nitrogen and oxygen atoms in total. The maximum atomic E-state index is 6.68. The second kappa shape index (κ2) is 6.19. The lowest BCUT2D eigenvalue weighted by Crippen LogP contribution is -1.99. The molecule has 0 spiro atoms. The van der Waals surface area contributed by atoms with Crippen molar-refractivity contribution < 1.29 is 4.74 Å². The summed E-state index contributed by atoms with van der Waals surface area (Å²) in [5, 5.41) is -0.174. The SMILES string of the molecule is COc1c(C)cc(C(Cl)c2cc(C)ccc2Br)cc1C. The zero-order valence-corrected chi connectivity index (χ0v) is 14.5. The van der Waals surface area contributed by atoms with Gasteiger partial charge in [-0.1, -0.05) is 45.8 Å². The fraction of sp³-hybridized carbons (Fsp3) is 0.294. The molecule has 1 unspecified atom stereocenters. The van der Waals surface area contributed by atoms with Gasteiger partial charge in [0.2, 0.25) is 0 Å². The van der Waals surface area contributed by atoms with E-state index in [2.05, 4.69) is 47.1 Å². The van der Waals surface area contributed by atoms with Crippen molar-refractivity contribution in [2.75, 3.05) is 7.11 Å². The summed E-state index contributed by atoms with van der Waals surface area (Å²) in [6, 6.07) is 10.4. The van der Waals surface area contributed by atoms with Gasteiger partial charge in [-0.2, -0.15) is 0 Å². The molecule has 0 saturated carbocycles. The monoisotopic (exact) mass is 352 g/mol. The summed E-state index contributed by atoms with van der Waals surface area (Å²) in [7, 11) is 1.70. The van der Waals surface area contributed by atoms with Gasteiger partial charge in [0.25, 0.3) is 0 Å². The van der Waals surface area contributed by atoms with Gasteiger partial charge in [-0.25, -0.2) is 0 Å². The molecule has 106 valence electrons. The van der Waals surface area contributed by atoms with Crippen LogP contribution in [-0.2, 0) is 0 Å². The number of aryl methyl sites for hydroxylation is 3. The highest BCUT2D eigenvalue weighted by atomic mass is 79.9. The van der Waals surface area contributed by atoms with Crippen molar-refractivity contribution in [1.82, 2.24) is 0 Å². The molecule has 2 aromatic rings. The number of benzene rings is 2. The van der Waals surface area contributed by atoms with Crippen LogP contribution in [-0.4, -0.2) is 7.11 Å². The van der Waals surface area contributed by atoms with Crippen molar-refractivity contribution in [3.05, 3.63) is 62.6 Å². The molecule has 0 amide bonds. The fourth-order valence-corrected chi connectivity index (χ4v) is 3.40. The van der Waals surface area contributed by atoms with Gasteiger partial charge in [0, 0.05) is 4.47 Å². The molecule has 0 aromatic heterocycles. The second-order valence-electron chi connectivity index (χ2n) is 5.08. The quantitative estimate of drug-likeness (QED) is 0.642. The Labute approximate surface area is 134 Å². The predicted molar refractivity (Wildman–Crippen MR) is 89.0 cm³/mol. The maximum Gasteiger partial charge on any atom is 0.124 e. The Balaban J connectivity index is 2.48. The van der Waals surface area contributed by atoms with Crippen LogP contribution in [0, 0.1) is 20.8 Å². The van der Waals surface area contributed by atoms with E-state index in [0.29, 0.717) is 0 Å². The van der Waals surface area contributed by atoms with Gasteiger partial charge in [0.15, 0.2) is 0 Å². The largest absolute Gasteiger partial charge is 0.496 e. The normalized spacial score (nSPS) is 12.3. The van der Waals surface area contributed by atoms with E-state index >= 15 is 0 Å². The molecule has 1 atom stereocenters. The van der Waals surface area contributed by atoms with E-state index in [9.17, 15) is 0 Å². The summed E-state index contributed by atoms with van der Waals surface area (Å²) < 4.78 is 6.44. The van der Waals surface area contributed by atoms with Crippen LogP contribution in [0.1, 0.15) is 33.2 Å². The lowest BCUT2D eigenvalue weighted by atomic mass is 9.98. The highest BCUT2D eigenvalue weighted by Crippen LogP contribution is 2.37. The highest BCUT2D eigenvalue weighted by Gasteiger charge is 2.16. The zero-order chi connectivity index (χ0) is 14.9. The Morgan fingerprint density at radius 1 is 1.05 bits per heavy atom. The molecular formula is C17H18BrClO. The second-order valence-corrected chi connectivity index (χ2v) is 6.37. The lowest BCUT2D eigenvalue weighted by Gasteiger charge is -2.17. The fourth-order valence-electron chi connectivity index (χ4n) is 2.49. The summed E-state index contributed by atoms with van der Waals surface area (Å²) in [6.07, 6.45) is 0. The smallest absolute Gasteiger partial charge is 0.124 e. The van der Waals surface area contributed by atoms with Crippen molar-refractivity contribution in [3.63, 3.8) is 0 Å². The molecule has 0 aliphatic carbocycles. The first-order valence-corrected chi connectivity index (χ1v) is 7.72. The molecule has 0 heterocycles. The van der Waals surface area contributed by atoms with Crippen LogP contribution < -0.4 is 4.74 Å². The molecule has 0 N–H and O–H groups in total. The Hall–Kier alpha value is -0.990. The minimum absolute atomic E-state index is 0.174. The van der Waals surface area contributed by atoms with E-state index in [1.165, 1.54) is 5.56 Å². The summed E-state index contributed by atoms with van der Waals surface area (Å²) in [4.78, 5) is 0. The van der Waals surface area contributed by atoms with E-state index in [-0.39, 0.29) is 5.38 Å². The first-order valence-electron chi connectivity index (χ1n) is 6.49. The third-order valence-corrected chi connectivity index (χ3v) is 4.61. The van der Waals surface area contributed by atoms with Crippen molar-refractivity contribution >= 4 is 27.5 Å². The van der Waals surface area contributed by atoms with Gasteiger partial charge in [0.05, 0.1) is 12.5 Å². The third-order valence-electron chi connectivity index (χ3n) is 3.40. The van der Waals surface area contributed by atoms with Crippen LogP contribution in [0.5, 0.6) is 5.75 Å². The number of hydrogen-bond acceptors (Lipinski definition) is 1. The first-order chi connectivity index (χ1) is 9.43. The molecule has 20 heavy (non-hydrogen) atoms. The van der Waals surface area contributed by atoms with E-state index in [0.717, 1.165) is 32.5 Å². The maximum absolute atomic E-state index is 6.68. The first kappa shape index (κ1) is 15.4. The van der Waals surface area contributed by atoms with E-state index < -0.39 is 0 Å². The molecule has 2 rings (SSSR count). The van der Waals surface area contributed by atoms with E-state index in [4.69, 9.17) is 16.3 Å². The minimum atomic E-state index is -0.174. The number of halogens is 2. The van der Waals surface area contributed by atoms with Crippen molar-refractivity contribution in [2.24, 2.45) is 0 Å². The summed E-state index contributed by atoms with van der Waals surface area (Å²) in [5.41, 5.74) is 5.61. The molecule has 0 saturated heterocycles. The Bertz CT molecular complexity index is 614. The molecule has 2 aromatic carbocycles. The van der Waals surface area contributed by atoms with Crippen LogP contribution in [0.2, 0.25) is 0 Å². The highest BCUT2D eigenvalue weighted by molar-refractivity contribution is 9.10. The van der Waals surface area contributed by atoms with Crippen LogP contribution in [0.3, 0.4) is 0 Å².